The number of nitrogens with zero attached hydrogens (tertiary/aromatic N) is 1. The van der Waals surface area contributed by atoms with E-state index < -0.39 is 0 Å². The number of furan rings is 1. The highest BCUT2D eigenvalue weighted by molar-refractivity contribution is 6.04. The van der Waals surface area contributed by atoms with Gasteiger partial charge in [-0.3, -0.25) is 15.0 Å². The van der Waals surface area contributed by atoms with Gasteiger partial charge in [0.25, 0.3) is 11.8 Å². The number of hydrazine groups is 1. The van der Waals surface area contributed by atoms with Gasteiger partial charge in [0.1, 0.15) is 11.5 Å². The predicted molar refractivity (Wildman–Crippen MR) is 94.2 cm³/mol. The van der Waals surface area contributed by atoms with Gasteiger partial charge in [-0.1, -0.05) is 24.6 Å². The van der Waals surface area contributed by atoms with Crippen LogP contribution in [0, 0.1) is 0 Å². The van der Waals surface area contributed by atoms with Gasteiger partial charge < -0.3 is 9.73 Å². The van der Waals surface area contributed by atoms with Crippen molar-refractivity contribution in [1.29, 1.82) is 0 Å². The lowest BCUT2D eigenvalue weighted by atomic mass is 10.2. The zero-order chi connectivity index (χ0) is 17.5. The van der Waals surface area contributed by atoms with Crippen molar-refractivity contribution in [3.8, 4) is 0 Å². The molecule has 25 heavy (non-hydrogen) atoms. The van der Waals surface area contributed by atoms with Crippen molar-refractivity contribution in [1.82, 2.24) is 15.8 Å². The first-order valence-corrected chi connectivity index (χ1v) is 8.40. The fourth-order valence-corrected chi connectivity index (χ4v) is 2.67. The van der Waals surface area contributed by atoms with Crippen molar-refractivity contribution in [2.24, 2.45) is 0 Å². The maximum absolute atomic E-state index is 12.6. The summed E-state index contributed by atoms with van der Waals surface area (Å²) in [6, 6.07) is 12.2. The summed E-state index contributed by atoms with van der Waals surface area (Å²) in [5.41, 5.74) is 3.49. The Morgan fingerprint density at radius 2 is 1.76 bits per heavy atom. The second-order valence-corrected chi connectivity index (χ2v) is 5.88. The first kappa shape index (κ1) is 17.0. The summed E-state index contributed by atoms with van der Waals surface area (Å²) in [5.74, 6) is -0.202. The minimum Gasteiger partial charge on any atom is -0.465 e. The van der Waals surface area contributed by atoms with Crippen LogP contribution in [0.4, 0.5) is 0 Å². The van der Waals surface area contributed by atoms with Crippen molar-refractivity contribution in [3.05, 3.63) is 65.7 Å². The van der Waals surface area contributed by atoms with Crippen LogP contribution in [0.1, 0.15) is 35.4 Å². The van der Waals surface area contributed by atoms with Gasteiger partial charge in [0, 0.05) is 24.7 Å². The molecule has 1 saturated heterocycles. The topological polar surface area (TPSA) is 74.6 Å². The number of carbonyl (C=O) groups is 2. The first-order chi connectivity index (χ1) is 12.2. The maximum atomic E-state index is 12.6. The third-order valence-electron chi connectivity index (χ3n) is 3.97. The largest absolute Gasteiger partial charge is 0.465 e. The Balaban J connectivity index is 1.75. The summed E-state index contributed by atoms with van der Waals surface area (Å²) < 4.78 is 5.27. The van der Waals surface area contributed by atoms with E-state index in [0.717, 1.165) is 25.9 Å². The van der Waals surface area contributed by atoms with E-state index in [-0.39, 0.29) is 17.5 Å². The molecule has 6 nitrogen and oxygen atoms in total. The fourth-order valence-electron chi connectivity index (χ4n) is 2.67. The van der Waals surface area contributed by atoms with Crippen LogP contribution in [-0.2, 0) is 4.79 Å². The van der Waals surface area contributed by atoms with Crippen LogP contribution < -0.4 is 10.7 Å². The number of benzene rings is 1. The van der Waals surface area contributed by atoms with Gasteiger partial charge in [0.15, 0.2) is 0 Å². The molecule has 0 saturated carbocycles. The summed E-state index contributed by atoms with van der Waals surface area (Å²) >= 11 is 0. The normalized spacial score (nSPS) is 15.6. The molecule has 0 bridgehead atoms. The molecule has 3 rings (SSSR count). The average molecular weight is 339 g/mol. The maximum Gasteiger partial charge on any atom is 0.282 e. The van der Waals surface area contributed by atoms with Gasteiger partial charge in [0.2, 0.25) is 0 Å². The second kappa shape index (κ2) is 8.30. The van der Waals surface area contributed by atoms with E-state index in [1.165, 1.54) is 18.8 Å². The molecule has 1 aromatic carbocycles. The predicted octanol–water partition coefficient (Wildman–Crippen LogP) is 2.57. The molecule has 0 unspecified atom stereocenters. The zero-order valence-electron chi connectivity index (χ0n) is 13.9. The van der Waals surface area contributed by atoms with E-state index >= 15 is 0 Å². The SMILES string of the molecule is O=C(NN1CCCCC1)/C(=C/c1ccco1)NC(=O)c1ccccc1. The Kier molecular flexibility index (Phi) is 5.64. The third kappa shape index (κ3) is 4.81. The molecule has 1 aromatic heterocycles. The van der Waals surface area contributed by atoms with Crippen LogP contribution >= 0.6 is 0 Å². The van der Waals surface area contributed by atoms with Gasteiger partial charge in [-0.2, -0.15) is 0 Å². The van der Waals surface area contributed by atoms with E-state index in [4.69, 9.17) is 4.42 Å². The minimum absolute atomic E-state index is 0.148. The van der Waals surface area contributed by atoms with Gasteiger partial charge >= 0.3 is 0 Å². The van der Waals surface area contributed by atoms with E-state index in [0.29, 0.717) is 11.3 Å². The molecule has 0 aliphatic carbocycles. The molecule has 0 radical (unpaired) electrons. The highest BCUT2D eigenvalue weighted by atomic mass is 16.3. The summed E-state index contributed by atoms with van der Waals surface area (Å²) in [6.45, 7) is 1.62. The highest BCUT2D eigenvalue weighted by Gasteiger charge is 2.18. The Hall–Kier alpha value is -2.86. The van der Waals surface area contributed by atoms with Crippen molar-refractivity contribution in [2.75, 3.05) is 13.1 Å². The molecule has 2 N–H and O–H groups in total. The first-order valence-electron chi connectivity index (χ1n) is 8.40. The molecule has 1 fully saturated rings. The van der Waals surface area contributed by atoms with Crippen LogP contribution in [0.3, 0.4) is 0 Å². The lowest BCUT2D eigenvalue weighted by Gasteiger charge is -2.27. The van der Waals surface area contributed by atoms with E-state index in [1.807, 2.05) is 11.1 Å². The molecule has 1 aliphatic rings. The molecule has 2 amide bonds. The fraction of sp³-hybridized carbons (Fsp3) is 0.263. The Bertz CT molecular complexity index is 733. The number of nitrogens with one attached hydrogen (secondary N) is 2. The molecule has 130 valence electrons. The standard InChI is InChI=1S/C19H21N3O3/c23-18(15-8-3-1-4-9-15)20-17(14-16-10-7-13-25-16)19(24)21-22-11-5-2-6-12-22/h1,3-4,7-10,13-14H,2,5-6,11-12H2,(H,20,23)(H,21,24)/b17-14-. The Labute approximate surface area is 146 Å². The summed E-state index contributed by atoms with van der Waals surface area (Å²) in [4.78, 5) is 25.0. The zero-order valence-corrected chi connectivity index (χ0v) is 13.9. The Morgan fingerprint density at radius 3 is 2.44 bits per heavy atom. The molecule has 6 heteroatoms. The van der Waals surface area contributed by atoms with Crippen molar-refractivity contribution in [2.45, 2.75) is 19.3 Å². The summed E-state index contributed by atoms with van der Waals surface area (Å²) in [7, 11) is 0. The van der Waals surface area contributed by atoms with Gasteiger partial charge in [-0.15, -0.1) is 0 Å². The van der Waals surface area contributed by atoms with Gasteiger partial charge in [-0.25, -0.2) is 5.01 Å². The Morgan fingerprint density at radius 1 is 1.00 bits per heavy atom. The molecule has 0 atom stereocenters. The van der Waals surface area contributed by atoms with Crippen LogP contribution in [0.25, 0.3) is 6.08 Å². The number of hydrogen-bond acceptors (Lipinski definition) is 4. The minimum atomic E-state index is -0.359. The molecule has 0 spiro atoms. The average Bonchev–Trinajstić information content (AvgIpc) is 3.16. The van der Waals surface area contributed by atoms with Crippen LogP contribution in [0.5, 0.6) is 0 Å². The molecule has 2 heterocycles. The lowest BCUT2D eigenvalue weighted by Crippen LogP contribution is -2.47. The number of hydrogen-bond donors (Lipinski definition) is 2. The molecular formula is C19H21N3O3. The van der Waals surface area contributed by atoms with Crippen molar-refractivity contribution in [3.63, 3.8) is 0 Å². The monoisotopic (exact) mass is 339 g/mol. The van der Waals surface area contributed by atoms with Crippen LogP contribution in [-0.4, -0.2) is 29.9 Å². The molecule has 2 aromatic rings. The summed E-state index contributed by atoms with van der Waals surface area (Å²) in [6.07, 6.45) is 6.32. The second-order valence-electron chi connectivity index (χ2n) is 5.88. The number of piperidine rings is 1. The quantitative estimate of drug-likeness (QED) is 0.821. The lowest BCUT2D eigenvalue weighted by molar-refractivity contribution is -0.122. The van der Waals surface area contributed by atoms with E-state index in [2.05, 4.69) is 10.7 Å². The smallest absolute Gasteiger partial charge is 0.282 e. The van der Waals surface area contributed by atoms with Crippen molar-refractivity contribution < 1.29 is 14.0 Å². The van der Waals surface area contributed by atoms with Crippen LogP contribution in [0.15, 0.2) is 58.8 Å². The molecule has 1 aliphatic heterocycles. The number of amides is 2. The van der Waals surface area contributed by atoms with Crippen LogP contribution in [0.2, 0.25) is 0 Å². The van der Waals surface area contributed by atoms with E-state index in [9.17, 15) is 9.59 Å². The van der Waals surface area contributed by atoms with Gasteiger partial charge in [-0.05, 0) is 37.1 Å². The molecular weight excluding hydrogens is 318 g/mol. The highest BCUT2D eigenvalue weighted by Crippen LogP contribution is 2.10. The van der Waals surface area contributed by atoms with Crippen molar-refractivity contribution >= 4 is 17.9 Å². The number of carbonyl (C=O) groups excluding carboxylic acids is 2. The third-order valence-corrected chi connectivity index (χ3v) is 3.97. The van der Waals surface area contributed by atoms with E-state index in [1.54, 1.807) is 36.4 Å². The van der Waals surface area contributed by atoms with Gasteiger partial charge in [0.05, 0.1) is 6.26 Å². The summed E-state index contributed by atoms with van der Waals surface area (Å²) in [5, 5.41) is 4.57. The number of rotatable bonds is 5.